The van der Waals surface area contributed by atoms with E-state index in [1.165, 1.54) is 6.42 Å². The molecule has 1 aliphatic carbocycles. The van der Waals surface area contributed by atoms with Gasteiger partial charge in [-0.05, 0) is 30.4 Å². The molecular formula is C14H15N5. The summed E-state index contributed by atoms with van der Waals surface area (Å²) in [7, 11) is 0. The van der Waals surface area contributed by atoms with Crippen molar-refractivity contribution in [1.29, 1.82) is 0 Å². The Kier molecular flexibility index (Phi) is 2.21. The van der Waals surface area contributed by atoms with Gasteiger partial charge in [0.25, 0.3) is 0 Å². The molecule has 0 radical (unpaired) electrons. The second-order valence-corrected chi connectivity index (χ2v) is 5.38. The second kappa shape index (κ2) is 3.91. The molecule has 0 amide bonds. The van der Waals surface area contributed by atoms with Gasteiger partial charge in [-0.25, -0.2) is 15.0 Å². The van der Waals surface area contributed by atoms with Gasteiger partial charge in [0, 0.05) is 31.0 Å². The molecule has 1 saturated carbocycles. The average Bonchev–Trinajstić information content (AvgIpc) is 3.05. The molecule has 5 heteroatoms. The Bertz CT molecular complexity index is 599. The molecule has 2 aliphatic rings. The number of aromatic nitrogens is 3. The highest BCUT2D eigenvalue weighted by molar-refractivity contribution is 5.59. The standard InChI is InChI=1S/C14H15N5/c15-13-3-1-2-12(18-13)11-5-16-14(17-6-11)19-7-9-4-10(9)8-19/h1-3,5-6,9-10H,4,7-8H2,(H2,15,18). The number of hydrogen-bond donors (Lipinski definition) is 1. The molecule has 2 atom stereocenters. The molecular weight excluding hydrogens is 238 g/mol. The summed E-state index contributed by atoms with van der Waals surface area (Å²) in [5, 5.41) is 0. The highest BCUT2D eigenvalue weighted by Crippen LogP contribution is 2.45. The molecule has 1 aliphatic heterocycles. The third-order valence-electron chi connectivity index (χ3n) is 3.97. The van der Waals surface area contributed by atoms with Crippen LogP contribution in [0.4, 0.5) is 11.8 Å². The van der Waals surface area contributed by atoms with E-state index in [0.29, 0.717) is 5.82 Å². The van der Waals surface area contributed by atoms with Crippen LogP contribution in [0.1, 0.15) is 6.42 Å². The lowest BCUT2D eigenvalue weighted by molar-refractivity contribution is 0.787. The monoisotopic (exact) mass is 253 g/mol. The summed E-state index contributed by atoms with van der Waals surface area (Å²) < 4.78 is 0. The zero-order valence-electron chi connectivity index (χ0n) is 10.5. The maximum atomic E-state index is 5.69. The topological polar surface area (TPSA) is 67.9 Å². The van der Waals surface area contributed by atoms with Crippen molar-refractivity contribution >= 4 is 11.8 Å². The molecule has 2 aromatic rings. The van der Waals surface area contributed by atoms with Crippen molar-refractivity contribution in [1.82, 2.24) is 15.0 Å². The van der Waals surface area contributed by atoms with Crippen LogP contribution in [0, 0.1) is 11.8 Å². The maximum Gasteiger partial charge on any atom is 0.225 e. The van der Waals surface area contributed by atoms with Crippen molar-refractivity contribution in [3.63, 3.8) is 0 Å². The lowest BCUT2D eigenvalue weighted by Crippen LogP contribution is -2.23. The summed E-state index contributed by atoms with van der Waals surface area (Å²) >= 11 is 0. The number of rotatable bonds is 2. The lowest BCUT2D eigenvalue weighted by atomic mass is 10.2. The van der Waals surface area contributed by atoms with Crippen LogP contribution in [0.15, 0.2) is 30.6 Å². The van der Waals surface area contributed by atoms with E-state index in [1.807, 2.05) is 24.5 Å². The SMILES string of the molecule is Nc1cccc(-c2cnc(N3CC4CC4C3)nc2)n1. The normalized spacial score (nSPS) is 24.3. The van der Waals surface area contributed by atoms with Crippen molar-refractivity contribution in [2.45, 2.75) is 6.42 Å². The van der Waals surface area contributed by atoms with E-state index < -0.39 is 0 Å². The first kappa shape index (κ1) is 10.7. The first-order valence-electron chi connectivity index (χ1n) is 6.59. The van der Waals surface area contributed by atoms with Gasteiger partial charge in [-0.1, -0.05) is 6.07 Å². The number of anilines is 2. The fourth-order valence-corrected chi connectivity index (χ4v) is 2.79. The Balaban J connectivity index is 1.58. The first-order valence-corrected chi connectivity index (χ1v) is 6.59. The number of pyridine rings is 1. The Hall–Kier alpha value is -2.17. The molecule has 2 fully saturated rings. The van der Waals surface area contributed by atoms with Crippen LogP contribution in [-0.4, -0.2) is 28.0 Å². The average molecular weight is 253 g/mol. The highest BCUT2D eigenvalue weighted by atomic mass is 15.3. The van der Waals surface area contributed by atoms with E-state index >= 15 is 0 Å². The number of nitrogens with zero attached hydrogens (tertiary/aromatic N) is 4. The zero-order valence-corrected chi connectivity index (χ0v) is 10.5. The van der Waals surface area contributed by atoms with Crippen LogP contribution in [-0.2, 0) is 0 Å². The Morgan fingerprint density at radius 3 is 2.53 bits per heavy atom. The van der Waals surface area contributed by atoms with Gasteiger partial charge in [-0.15, -0.1) is 0 Å². The molecule has 0 spiro atoms. The first-order chi connectivity index (χ1) is 9.29. The molecule has 5 nitrogen and oxygen atoms in total. The lowest BCUT2D eigenvalue weighted by Gasteiger charge is -2.17. The van der Waals surface area contributed by atoms with Crippen LogP contribution in [0.3, 0.4) is 0 Å². The van der Waals surface area contributed by atoms with Gasteiger partial charge in [0.05, 0.1) is 5.69 Å². The van der Waals surface area contributed by atoms with Gasteiger partial charge in [0.2, 0.25) is 5.95 Å². The summed E-state index contributed by atoms with van der Waals surface area (Å²) in [6.45, 7) is 2.22. The van der Waals surface area contributed by atoms with E-state index in [-0.39, 0.29) is 0 Å². The minimum Gasteiger partial charge on any atom is -0.384 e. The van der Waals surface area contributed by atoms with Gasteiger partial charge in [-0.2, -0.15) is 0 Å². The van der Waals surface area contributed by atoms with Crippen molar-refractivity contribution in [2.24, 2.45) is 11.8 Å². The molecule has 2 unspecified atom stereocenters. The van der Waals surface area contributed by atoms with Crippen molar-refractivity contribution in [2.75, 3.05) is 23.7 Å². The number of nitrogens with two attached hydrogens (primary N) is 1. The molecule has 19 heavy (non-hydrogen) atoms. The molecule has 4 rings (SSSR count). The third-order valence-corrected chi connectivity index (χ3v) is 3.97. The van der Waals surface area contributed by atoms with Crippen LogP contribution < -0.4 is 10.6 Å². The van der Waals surface area contributed by atoms with E-state index in [0.717, 1.165) is 42.1 Å². The summed E-state index contributed by atoms with van der Waals surface area (Å²) in [4.78, 5) is 15.5. The molecule has 2 aromatic heterocycles. The smallest absolute Gasteiger partial charge is 0.225 e. The Morgan fingerprint density at radius 1 is 1.11 bits per heavy atom. The minimum atomic E-state index is 0.515. The number of piperidine rings is 1. The zero-order chi connectivity index (χ0) is 12.8. The van der Waals surface area contributed by atoms with Crippen molar-refractivity contribution < 1.29 is 0 Å². The Labute approximate surface area is 111 Å². The van der Waals surface area contributed by atoms with Crippen LogP contribution >= 0.6 is 0 Å². The molecule has 96 valence electrons. The summed E-state index contributed by atoms with van der Waals surface area (Å²) in [6.07, 6.45) is 5.05. The van der Waals surface area contributed by atoms with Gasteiger partial charge >= 0.3 is 0 Å². The van der Waals surface area contributed by atoms with Gasteiger partial charge in [0.15, 0.2) is 0 Å². The van der Waals surface area contributed by atoms with E-state index in [4.69, 9.17) is 5.73 Å². The number of fused-ring (bicyclic) bond motifs is 1. The molecule has 0 bridgehead atoms. The second-order valence-electron chi connectivity index (χ2n) is 5.38. The summed E-state index contributed by atoms with van der Waals surface area (Å²) in [5.41, 5.74) is 7.40. The van der Waals surface area contributed by atoms with Crippen LogP contribution in [0.2, 0.25) is 0 Å². The highest BCUT2D eigenvalue weighted by Gasteiger charge is 2.45. The number of nitrogen functional groups attached to an aromatic ring is 1. The molecule has 2 N–H and O–H groups in total. The fraction of sp³-hybridized carbons (Fsp3) is 0.357. The van der Waals surface area contributed by atoms with Gasteiger partial charge < -0.3 is 10.6 Å². The van der Waals surface area contributed by atoms with Crippen molar-refractivity contribution in [3.05, 3.63) is 30.6 Å². The quantitative estimate of drug-likeness (QED) is 0.880. The van der Waals surface area contributed by atoms with Gasteiger partial charge in [-0.3, -0.25) is 0 Å². The van der Waals surface area contributed by atoms with Crippen molar-refractivity contribution in [3.8, 4) is 11.3 Å². The summed E-state index contributed by atoms with van der Waals surface area (Å²) in [5.74, 6) is 3.12. The fourth-order valence-electron chi connectivity index (χ4n) is 2.79. The summed E-state index contributed by atoms with van der Waals surface area (Å²) in [6, 6.07) is 5.58. The van der Waals surface area contributed by atoms with E-state index in [2.05, 4.69) is 19.9 Å². The largest absolute Gasteiger partial charge is 0.384 e. The molecule has 0 aromatic carbocycles. The van der Waals surface area contributed by atoms with Crippen LogP contribution in [0.25, 0.3) is 11.3 Å². The molecule has 1 saturated heterocycles. The predicted molar refractivity (Wildman–Crippen MR) is 73.5 cm³/mol. The van der Waals surface area contributed by atoms with E-state index in [1.54, 1.807) is 6.07 Å². The van der Waals surface area contributed by atoms with E-state index in [9.17, 15) is 0 Å². The van der Waals surface area contributed by atoms with Gasteiger partial charge in [0.1, 0.15) is 5.82 Å². The third kappa shape index (κ3) is 1.91. The predicted octanol–water partition coefficient (Wildman–Crippen LogP) is 1.58. The number of hydrogen-bond acceptors (Lipinski definition) is 5. The Morgan fingerprint density at radius 2 is 1.84 bits per heavy atom. The molecule has 3 heterocycles. The van der Waals surface area contributed by atoms with Crippen LogP contribution in [0.5, 0.6) is 0 Å². The maximum absolute atomic E-state index is 5.69. The minimum absolute atomic E-state index is 0.515.